The van der Waals surface area contributed by atoms with Crippen LogP contribution in [-0.2, 0) is 4.57 Å². The minimum atomic E-state index is -3.07. The lowest BCUT2D eigenvalue weighted by Crippen LogP contribution is -2.23. The highest BCUT2D eigenvalue weighted by atomic mass is 31.1. The van der Waals surface area contributed by atoms with Gasteiger partial charge in [0.25, 0.3) is 0 Å². The summed E-state index contributed by atoms with van der Waals surface area (Å²) in [4.78, 5) is 39.3. The molecule has 0 radical (unpaired) electrons. The first-order valence-electron chi connectivity index (χ1n) is 10.1. The van der Waals surface area contributed by atoms with Gasteiger partial charge in [-0.2, -0.15) is 0 Å². The quantitative estimate of drug-likeness (QED) is 0.432. The van der Waals surface area contributed by atoms with Crippen LogP contribution in [0.15, 0.2) is 42.5 Å². The smallest absolute Gasteiger partial charge is 0.349 e. The zero-order valence-electron chi connectivity index (χ0n) is 18.6. The minimum absolute atomic E-state index is 0.0574. The highest BCUT2D eigenvalue weighted by Gasteiger charge is 2.30. The fraction of sp³-hybridized carbons (Fsp3) is 0.231. The van der Waals surface area contributed by atoms with Crippen molar-refractivity contribution in [1.29, 1.82) is 0 Å². The van der Waals surface area contributed by atoms with Crippen molar-refractivity contribution in [2.45, 2.75) is 41.5 Å². The van der Waals surface area contributed by atoms with Gasteiger partial charge < -0.3 is 4.89 Å². The van der Waals surface area contributed by atoms with Crippen LogP contribution in [0, 0.1) is 41.5 Å². The molecule has 0 spiro atoms. The predicted molar refractivity (Wildman–Crippen MR) is 122 cm³/mol. The summed E-state index contributed by atoms with van der Waals surface area (Å²) in [5, 5.41) is -0.132. The molecular weight excluding hydrogens is 407 g/mol. The van der Waals surface area contributed by atoms with Crippen LogP contribution < -0.4 is 10.2 Å². The van der Waals surface area contributed by atoms with Crippen LogP contribution in [0.4, 0.5) is 0 Å². The van der Waals surface area contributed by atoms with Gasteiger partial charge in [0, 0.05) is 16.7 Å². The lowest BCUT2D eigenvalue weighted by Gasteiger charge is -2.15. The fourth-order valence-electron chi connectivity index (χ4n) is 4.46. The number of carbonyl (C=O) groups is 2. The lowest BCUT2D eigenvalue weighted by molar-refractivity contribution is -0.160. The van der Waals surface area contributed by atoms with E-state index in [1.54, 1.807) is 0 Å². The van der Waals surface area contributed by atoms with Crippen molar-refractivity contribution in [3.05, 3.63) is 98.1 Å². The van der Waals surface area contributed by atoms with Gasteiger partial charge in [0.2, 0.25) is 0 Å². The van der Waals surface area contributed by atoms with Crippen LogP contribution in [0.2, 0.25) is 0 Å². The van der Waals surface area contributed by atoms with Gasteiger partial charge in [0.15, 0.2) is 16.9 Å². The zero-order valence-corrected chi connectivity index (χ0v) is 19.5. The summed E-state index contributed by atoms with van der Waals surface area (Å²) in [5.74, 6) is -0.796. The number of carbonyl (C=O) groups excluding carboxylic acids is 2. The van der Waals surface area contributed by atoms with Crippen molar-refractivity contribution in [3.8, 4) is 0 Å². The van der Waals surface area contributed by atoms with Crippen molar-refractivity contribution in [2.75, 3.05) is 0 Å². The van der Waals surface area contributed by atoms with Gasteiger partial charge in [-0.3, -0.25) is 9.59 Å². The highest BCUT2D eigenvalue weighted by Crippen LogP contribution is 2.28. The molecule has 1 atom stereocenters. The number of rotatable bonds is 5. The molecule has 0 fully saturated rings. The molecule has 0 aliphatic rings. The van der Waals surface area contributed by atoms with Crippen LogP contribution in [0.3, 0.4) is 0 Å². The standard InChI is InChI=1S/C26H25O4P/c1-14-10-16(3)22(17(4)11-14)25(27)20-8-7-9-21(31(29)30)24(20)26(28)23-18(5)12-15(2)13-19(23)6/h7-13H,1-6H3. The van der Waals surface area contributed by atoms with Crippen molar-refractivity contribution < 1.29 is 19.0 Å². The Morgan fingerprint density at radius 1 is 0.677 bits per heavy atom. The van der Waals surface area contributed by atoms with Crippen LogP contribution in [0.5, 0.6) is 0 Å². The van der Waals surface area contributed by atoms with Gasteiger partial charge in [0.05, 0.1) is 5.56 Å². The predicted octanol–water partition coefficient (Wildman–Crippen LogP) is 4.73. The van der Waals surface area contributed by atoms with Crippen molar-refractivity contribution in [3.63, 3.8) is 0 Å². The number of hydrogen-bond donors (Lipinski definition) is 0. The van der Waals surface area contributed by atoms with Crippen LogP contribution in [0.1, 0.15) is 65.2 Å². The molecule has 4 nitrogen and oxygen atoms in total. The summed E-state index contributed by atoms with van der Waals surface area (Å²) in [6.45, 7) is 11.2. The van der Waals surface area contributed by atoms with Gasteiger partial charge in [-0.1, -0.05) is 46.0 Å². The summed E-state index contributed by atoms with van der Waals surface area (Å²) < 4.78 is 12.0. The maximum atomic E-state index is 13.7. The number of benzene rings is 3. The van der Waals surface area contributed by atoms with Crippen LogP contribution in [-0.4, -0.2) is 11.6 Å². The van der Waals surface area contributed by atoms with E-state index in [0.29, 0.717) is 11.1 Å². The van der Waals surface area contributed by atoms with E-state index in [4.69, 9.17) is 0 Å². The molecule has 3 aromatic rings. The summed E-state index contributed by atoms with van der Waals surface area (Å²) in [7, 11) is -3.07. The van der Waals surface area contributed by atoms with E-state index >= 15 is 0 Å². The molecule has 0 saturated heterocycles. The van der Waals surface area contributed by atoms with Crippen molar-refractivity contribution in [1.82, 2.24) is 0 Å². The Kier molecular flexibility index (Phi) is 6.35. The third-order valence-corrected chi connectivity index (χ3v) is 6.29. The molecule has 0 aliphatic carbocycles. The first kappa shape index (κ1) is 22.7. The molecule has 3 rings (SSSR count). The molecule has 0 saturated carbocycles. The Morgan fingerprint density at radius 3 is 1.52 bits per heavy atom. The first-order chi connectivity index (χ1) is 14.5. The topological polar surface area (TPSA) is 74.3 Å². The van der Waals surface area contributed by atoms with E-state index in [0.717, 1.165) is 33.4 Å². The molecule has 158 valence electrons. The van der Waals surface area contributed by atoms with Crippen molar-refractivity contribution >= 4 is 24.9 Å². The van der Waals surface area contributed by atoms with Crippen molar-refractivity contribution in [2.24, 2.45) is 0 Å². The second-order valence-corrected chi connectivity index (χ2v) is 9.16. The summed E-state index contributed by atoms with van der Waals surface area (Å²) in [6, 6.07) is 12.0. The number of ketones is 2. The Morgan fingerprint density at radius 2 is 1.10 bits per heavy atom. The van der Waals surface area contributed by atoms with E-state index in [2.05, 4.69) is 0 Å². The molecule has 0 amide bonds. The molecule has 1 unspecified atom stereocenters. The number of hydrogen-bond acceptors (Lipinski definition) is 4. The van der Waals surface area contributed by atoms with Gasteiger partial charge in [-0.05, 0) is 75.9 Å². The third-order valence-electron chi connectivity index (χ3n) is 5.52. The Balaban J connectivity index is 2.31. The molecule has 0 N–H and O–H groups in total. The van der Waals surface area contributed by atoms with E-state index in [-0.39, 0.29) is 22.2 Å². The Labute approximate surface area is 183 Å². The minimum Gasteiger partial charge on any atom is -0.591 e. The van der Waals surface area contributed by atoms with E-state index in [9.17, 15) is 19.0 Å². The van der Waals surface area contributed by atoms with Gasteiger partial charge in [-0.15, -0.1) is 0 Å². The molecule has 0 heterocycles. The summed E-state index contributed by atoms with van der Waals surface area (Å²) in [5.41, 5.74) is 6.10. The normalized spacial score (nSPS) is 11.4. The lowest BCUT2D eigenvalue weighted by atomic mass is 9.87. The fourth-order valence-corrected chi connectivity index (χ4v) is 5.07. The zero-order chi connectivity index (χ0) is 23.0. The molecule has 31 heavy (non-hydrogen) atoms. The largest absolute Gasteiger partial charge is 0.591 e. The number of aryl methyl sites for hydroxylation is 6. The van der Waals surface area contributed by atoms with Gasteiger partial charge in [-0.25, -0.2) is 0 Å². The maximum absolute atomic E-state index is 13.7. The van der Waals surface area contributed by atoms with E-state index in [1.807, 2.05) is 65.8 Å². The second-order valence-electron chi connectivity index (χ2n) is 8.16. The van der Waals surface area contributed by atoms with E-state index in [1.165, 1.54) is 18.2 Å². The van der Waals surface area contributed by atoms with Crippen LogP contribution >= 0.6 is 8.03 Å². The second kappa shape index (κ2) is 8.66. The van der Waals surface area contributed by atoms with Crippen LogP contribution in [0.25, 0.3) is 0 Å². The molecule has 5 heteroatoms. The molecule has 0 aliphatic heterocycles. The Hall–Kier alpha value is -2.94. The van der Waals surface area contributed by atoms with Gasteiger partial charge >= 0.3 is 8.03 Å². The average molecular weight is 432 g/mol. The molecule has 0 bridgehead atoms. The third kappa shape index (κ3) is 4.27. The first-order valence-corrected chi connectivity index (χ1v) is 11.2. The maximum Gasteiger partial charge on any atom is 0.349 e. The van der Waals surface area contributed by atoms with E-state index < -0.39 is 13.8 Å². The monoisotopic (exact) mass is 432 g/mol. The average Bonchev–Trinajstić information content (AvgIpc) is 2.65. The summed E-state index contributed by atoms with van der Waals surface area (Å²) >= 11 is 0. The summed E-state index contributed by atoms with van der Waals surface area (Å²) in [6.07, 6.45) is 0. The Bertz CT molecular complexity index is 1210. The highest BCUT2D eigenvalue weighted by molar-refractivity contribution is 7.46. The molecular formula is C26H25O4P. The SMILES string of the molecule is Cc1cc(C)c(C(=O)c2cccc([P+](=O)[O-])c2C(=O)c2c(C)cc(C)cc2C)c(C)c1. The molecule has 0 aromatic heterocycles. The van der Waals surface area contributed by atoms with Gasteiger partial charge in [0.1, 0.15) is 0 Å². The molecule has 3 aromatic carbocycles.